The number of hydrogen-bond acceptors (Lipinski definition) is 10. The number of hydrogen-bond donors (Lipinski definition) is 4. The normalized spacial score (nSPS) is 11.0. The molecule has 0 bridgehead atoms. The summed E-state index contributed by atoms with van der Waals surface area (Å²) in [6, 6.07) is 0. The van der Waals surface area contributed by atoms with E-state index in [0.717, 1.165) is 55.3 Å². The van der Waals surface area contributed by atoms with Crippen LogP contribution in [-0.2, 0) is 24.7 Å². The van der Waals surface area contributed by atoms with E-state index in [1.54, 1.807) is 17.1 Å². The third kappa shape index (κ3) is 9.43. The summed E-state index contributed by atoms with van der Waals surface area (Å²) >= 11 is 2.92. The van der Waals surface area contributed by atoms with Crippen molar-refractivity contribution in [3.8, 4) is 10.7 Å². The Morgan fingerprint density at radius 2 is 1.86 bits per heavy atom. The SMILES string of the molecule is Cn1cc(CCC(=O)NCCc2nc(-c3nc(C(=O)NCCCNCCCCN)cs3)cs2)nn1. The molecule has 0 aliphatic rings. The topological polar surface area (TPSA) is 153 Å². The largest absolute Gasteiger partial charge is 0.356 e. The van der Waals surface area contributed by atoms with Crippen molar-refractivity contribution in [2.45, 2.75) is 38.5 Å². The molecule has 0 atom stereocenters. The number of carbonyl (C=O) groups excluding carboxylic acids is 2. The fraction of sp³-hybridized carbons (Fsp3) is 0.545. The van der Waals surface area contributed by atoms with E-state index >= 15 is 0 Å². The summed E-state index contributed by atoms with van der Waals surface area (Å²) in [6.07, 6.45) is 6.34. The van der Waals surface area contributed by atoms with Crippen LogP contribution < -0.4 is 21.7 Å². The molecule has 190 valence electrons. The van der Waals surface area contributed by atoms with Gasteiger partial charge in [0.05, 0.1) is 10.7 Å². The minimum Gasteiger partial charge on any atom is -0.356 e. The van der Waals surface area contributed by atoms with Gasteiger partial charge in [-0.1, -0.05) is 5.21 Å². The van der Waals surface area contributed by atoms with Gasteiger partial charge in [-0.3, -0.25) is 14.3 Å². The first-order valence-corrected chi connectivity index (χ1v) is 13.5. The van der Waals surface area contributed by atoms with E-state index in [1.807, 2.05) is 11.6 Å². The second kappa shape index (κ2) is 14.6. The highest BCUT2D eigenvalue weighted by atomic mass is 32.1. The number of aromatic nitrogens is 5. The molecule has 11 nitrogen and oxygen atoms in total. The maximum Gasteiger partial charge on any atom is 0.270 e. The quantitative estimate of drug-likeness (QED) is 0.206. The van der Waals surface area contributed by atoms with Crippen molar-refractivity contribution in [2.24, 2.45) is 12.8 Å². The van der Waals surface area contributed by atoms with Gasteiger partial charge in [-0.2, -0.15) is 0 Å². The molecule has 3 rings (SSSR count). The van der Waals surface area contributed by atoms with Crippen molar-refractivity contribution in [3.05, 3.63) is 33.4 Å². The van der Waals surface area contributed by atoms with Gasteiger partial charge in [0.15, 0.2) is 0 Å². The lowest BCUT2D eigenvalue weighted by Gasteiger charge is -2.05. The summed E-state index contributed by atoms with van der Waals surface area (Å²) in [5.74, 6) is -0.194. The van der Waals surface area contributed by atoms with Crippen molar-refractivity contribution >= 4 is 34.5 Å². The van der Waals surface area contributed by atoms with Gasteiger partial charge in [0.1, 0.15) is 16.4 Å². The van der Waals surface area contributed by atoms with Gasteiger partial charge in [-0.25, -0.2) is 9.97 Å². The van der Waals surface area contributed by atoms with Gasteiger partial charge >= 0.3 is 0 Å². The summed E-state index contributed by atoms with van der Waals surface area (Å²) in [5, 5.41) is 22.3. The zero-order valence-corrected chi connectivity index (χ0v) is 21.6. The van der Waals surface area contributed by atoms with Crippen LogP contribution in [0.3, 0.4) is 0 Å². The Bertz CT molecular complexity index is 1060. The lowest BCUT2D eigenvalue weighted by atomic mass is 10.2. The monoisotopic (exact) mass is 519 g/mol. The van der Waals surface area contributed by atoms with Crippen LogP contribution in [0.5, 0.6) is 0 Å². The molecular formula is C22H33N9O2S2. The first-order valence-electron chi connectivity index (χ1n) is 11.8. The minimum absolute atomic E-state index is 0.0228. The summed E-state index contributed by atoms with van der Waals surface area (Å²) < 4.78 is 1.62. The average Bonchev–Trinajstić information content (AvgIpc) is 3.60. The molecule has 3 aromatic heterocycles. The molecule has 0 spiro atoms. The highest BCUT2D eigenvalue weighted by Crippen LogP contribution is 2.25. The van der Waals surface area contributed by atoms with Crippen LogP contribution in [0.1, 0.15) is 46.9 Å². The molecule has 3 heterocycles. The Morgan fingerprint density at radius 1 is 1.00 bits per heavy atom. The third-order valence-corrected chi connectivity index (χ3v) is 6.82. The average molecular weight is 520 g/mol. The summed E-state index contributed by atoms with van der Waals surface area (Å²) in [7, 11) is 1.80. The van der Waals surface area contributed by atoms with Crippen molar-refractivity contribution in [3.63, 3.8) is 0 Å². The van der Waals surface area contributed by atoms with Crippen LogP contribution in [0.25, 0.3) is 10.7 Å². The van der Waals surface area contributed by atoms with Gasteiger partial charge in [-0.05, 0) is 38.9 Å². The molecule has 35 heavy (non-hydrogen) atoms. The predicted octanol–water partition coefficient (Wildman–Crippen LogP) is 1.14. The van der Waals surface area contributed by atoms with E-state index < -0.39 is 0 Å². The Hall–Kier alpha value is -2.74. The van der Waals surface area contributed by atoms with E-state index in [9.17, 15) is 9.59 Å². The zero-order chi connectivity index (χ0) is 24.9. The molecule has 3 aromatic rings. The second-order valence-corrected chi connectivity index (χ2v) is 9.80. The second-order valence-electron chi connectivity index (χ2n) is 8.00. The molecule has 0 saturated heterocycles. The van der Waals surface area contributed by atoms with Gasteiger partial charge in [0, 0.05) is 56.4 Å². The predicted molar refractivity (Wildman–Crippen MR) is 137 cm³/mol. The Balaban J connectivity index is 1.34. The maximum atomic E-state index is 12.4. The molecule has 0 aliphatic heterocycles. The molecule has 13 heteroatoms. The van der Waals surface area contributed by atoms with Crippen LogP contribution >= 0.6 is 22.7 Å². The number of amides is 2. The lowest BCUT2D eigenvalue weighted by molar-refractivity contribution is -0.121. The molecule has 0 unspecified atom stereocenters. The van der Waals surface area contributed by atoms with Crippen LogP contribution in [0.15, 0.2) is 17.0 Å². The van der Waals surface area contributed by atoms with Crippen LogP contribution in [0, 0.1) is 0 Å². The molecule has 2 amide bonds. The van der Waals surface area contributed by atoms with Crippen molar-refractivity contribution in [1.82, 2.24) is 40.9 Å². The molecule has 0 fully saturated rings. The van der Waals surface area contributed by atoms with E-state index in [2.05, 4.69) is 36.2 Å². The van der Waals surface area contributed by atoms with Crippen LogP contribution in [-0.4, -0.2) is 69.5 Å². The van der Waals surface area contributed by atoms with Gasteiger partial charge in [0.2, 0.25) is 5.91 Å². The van der Waals surface area contributed by atoms with Gasteiger partial charge < -0.3 is 21.7 Å². The van der Waals surface area contributed by atoms with E-state index in [1.165, 1.54) is 22.7 Å². The summed E-state index contributed by atoms with van der Waals surface area (Å²) in [6.45, 7) is 3.64. The van der Waals surface area contributed by atoms with Crippen LogP contribution in [0.2, 0.25) is 0 Å². The molecule has 0 radical (unpaired) electrons. The first kappa shape index (κ1) is 26.9. The molecule has 5 N–H and O–H groups in total. The van der Waals surface area contributed by atoms with E-state index in [-0.39, 0.29) is 11.8 Å². The van der Waals surface area contributed by atoms with Crippen molar-refractivity contribution in [1.29, 1.82) is 0 Å². The molecule has 0 saturated carbocycles. The number of aryl methyl sites for hydroxylation is 2. The van der Waals surface area contributed by atoms with E-state index in [4.69, 9.17) is 5.73 Å². The molecule has 0 aromatic carbocycles. The van der Waals surface area contributed by atoms with Crippen molar-refractivity contribution in [2.75, 3.05) is 32.7 Å². The third-order valence-electron chi connectivity index (χ3n) is 5.05. The number of thiazole rings is 2. The number of nitrogens with one attached hydrogen (secondary N) is 3. The fourth-order valence-electron chi connectivity index (χ4n) is 3.19. The van der Waals surface area contributed by atoms with Crippen molar-refractivity contribution < 1.29 is 9.59 Å². The number of unbranched alkanes of at least 4 members (excludes halogenated alkanes) is 1. The standard InChI is InChI=1S/C22H33N9O2S2/c1-31-13-16(29-30-31)5-6-19(32)25-12-7-20-27-18(15-34-20)22-28-17(14-35-22)21(33)26-11-4-10-24-9-3-2-8-23/h13-15,24H,2-12,23H2,1H3,(H,25,32)(H,26,33). The smallest absolute Gasteiger partial charge is 0.270 e. The number of nitrogens with two attached hydrogens (primary N) is 1. The number of nitrogens with zero attached hydrogens (tertiary/aromatic N) is 5. The Labute approximate surface area is 212 Å². The zero-order valence-electron chi connectivity index (χ0n) is 20.0. The number of rotatable bonds is 16. The molecule has 0 aliphatic carbocycles. The van der Waals surface area contributed by atoms with Gasteiger partial charge in [0.25, 0.3) is 5.91 Å². The maximum absolute atomic E-state index is 12.4. The minimum atomic E-state index is -0.171. The fourth-order valence-corrected chi connectivity index (χ4v) is 4.81. The Morgan fingerprint density at radius 3 is 2.66 bits per heavy atom. The van der Waals surface area contributed by atoms with Gasteiger partial charge in [-0.15, -0.1) is 27.8 Å². The number of carbonyl (C=O) groups is 2. The highest BCUT2D eigenvalue weighted by molar-refractivity contribution is 7.14. The van der Waals surface area contributed by atoms with E-state index in [0.29, 0.717) is 43.1 Å². The summed E-state index contributed by atoms with van der Waals surface area (Å²) in [5.41, 5.74) is 7.44. The van der Waals surface area contributed by atoms with Crippen LogP contribution in [0.4, 0.5) is 0 Å². The molecular weight excluding hydrogens is 486 g/mol. The summed E-state index contributed by atoms with van der Waals surface area (Å²) in [4.78, 5) is 33.4. The Kier molecular flexibility index (Phi) is 11.2. The first-order chi connectivity index (χ1) is 17.0. The highest BCUT2D eigenvalue weighted by Gasteiger charge is 2.14. The lowest BCUT2D eigenvalue weighted by Crippen LogP contribution is -2.28.